The lowest BCUT2D eigenvalue weighted by Crippen LogP contribution is -1.96. The van der Waals surface area contributed by atoms with Crippen molar-refractivity contribution in [3.63, 3.8) is 0 Å². The van der Waals surface area contributed by atoms with E-state index in [1.807, 2.05) is 19.2 Å². The summed E-state index contributed by atoms with van der Waals surface area (Å²) in [6, 6.07) is 6.20. The van der Waals surface area contributed by atoms with E-state index in [9.17, 15) is 0 Å². The molecule has 1 aromatic carbocycles. The molecule has 0 aliphatic heterocycles. The molecule has 0 saturated heterocycles. The van der Waals surface area contributed by atoms with Crippen LogP contribution in [0.25, 0.3) is 0 Å². The lowest BCUT2D eigenvalue weighted by Gasteiger charge is -2.08. The normalized spacial score (nSPS) is 10.3. The molecule has 2 N–H and O–H groups in total. The summed E-state index contributed by atoms with van der Waals surface area (Å²) in [6.07, 6.45) is 1.81. The zero-order valence-electron chi connectivity index (χ0n) is 9.26. The van der Waals surface area contributed by atoms with Crippen molar-refractivity contribution in [2.75, 3.05) is 5.32 Å². The molecule has 78 valence electrons. The molecular weight excluding hydrogens is 186 g/mol. The van der Waals surface area contributed by atoms with Gasteiger partial charge in [0.25, 0.3) is 0 Å². The number of nitrogens with zero attached hydrogens (tertiary/aromatic N) is 1. The van der Waals surface area contributed by atoms with Crippen molar-refractivity contribution in [3.8, 4) is 0 Å². The Balaban J connectivity index is 2.28. The van der Waals surface area contributed by atoms with Crippen LogP contribution in [0.5, 0.6) is 0 Å². The second-order valence-electron chi connectivity index (χ2n) is 3.79. The molecule has 1 heterocycles. The van der Waals surface area contributed by atoms with Crippen LogP contribution in [-0.2, 0) is 0 Å². The third kappa shape index (κ3) is 2.01. The van der Waals surface area contributed by atoms with Crippen LogP contribution in [0.3, 0.4) is 0 Å². The lowest BCUT2D eigenvalue weighted by atomic mass is 10.1. The molecule has 1 aromatic heterocycles. The number of imidazole rings is 1. The van der Waals surface area contributed by atoms with Crippen LogP contribution in [0.4, 0.5) is 11.6 Å². The Morgan fingerprint density at radius 1 is 1.20 bits per heavy atom. The summed E-state index contributed by atoms with van der Waals surface area (Å²) in [5, 5.41) is 3.27. The van der Waals surface area contributed by atoms with Gasteiger partial charge in [0.05, 0.1) is 0 Å². The number of aryl methyl sites for hydroxylation is 2. The van der Waals surface area contributed by atoms with Gasteiger partial charge in [0.1, 0.15) is 0 Å². The second kappa shape index (κ2) is 3.77. The number of aromatic nitrogens is 2. The maximum Gasteiger partial charge on any atom is 0.204 e. The number of benzene rings is 1. The van der Waals surface area contributed by atoms with Gasteiger partial charge in [-0.15, -0.1) is 0 Å². The highest BCUT2D eigenvalue weighted by Crippen LogP contribution is 2.20. The van der Waals surface area contributed by atoms with Crippen molar-refractivity contribution >= 4 is 11.6 Å². The van der Waals surface area contributed by atoms with Crippen LogP contribution in [0.15, 0.2) is 24.4 Å². The van der Waals surface area contributed by atoms with Crippen molar-refractivity contribution in [1.82, 2.24) is 9.97 Å². The molecule has 0 spiro atoms. The van der Waals surface area contributed by atoms with Gasteiger partial charge < -0.3 is 10.3 Å². The third-order valence-corrected chi connectivity index (χ3v) is 2.56. The minimum absolute atomic E-state index is 0.793. The largest absolute Gasteiger partial charge is 0.328 e. The predicted octanol–water partition coefficient (Wildman–Crippen LogP) is 3.08. The Hall–Kier alpha value is -1.77. The molecule has 3 nitrogen and oxygen atoms in total. The van der Waals surface area contributed by atoms with Crippen molar-refractivity contribution < 1.29 is 0 Å². The van der Waals surface area contributed by atoms with E-state index in [0.29, 0.717) is 0 Å². The first-order chi connectivity index (χ1) is 7.16. The summed E-state index contributed by atoms with van der Waals surface area (Å²) in [4.78, 5) is 7.36. The van der Waals surface area contributed by atoms with Gasteiger partial charge in [-0.3, -0.25) is 0 Å². The number of rotatable bonds is 2. The molecule has 0 fully saturated rings. The minimum Gasteiger partial charge on any atom is -0.328 e. The molecule has 0 saturated carbocycles. The smallest absolute Gasteiger partial charge is 0.204 e. The molecule has 0 amide bonds. The average Bonchev–Trinajstić information content (AvgIpc) is 2.59. The molecule has 2 rings (SSSR count). The van der Waals surface area contributed by atoms with E-state index in [-0.39, 0.29) is 0 Å². The zero-order valence-corrected chi connectivity index (χ0v) is 9.26. The van der Waals surface area contributed by atoms with Gasteiger partial charge in [0.15, 0.2) is 0 Å². The van der Waals surface area contributed by atoms with E-state index in [1.165, 1.54) is 11.1 Å². The number of hydrogen-bond donors (Lipinski definition) is 2. The molecule has 0 aliphatic rings. The molecule has 0 radical (unpaired) electrons. The van der Waals surface area contributed by atoms with E-state index in [4.69, 9.17) is 0 Å². The van der Waals surface area contributed by atoms with Crippen LogP contribution in [0, 0.1) is 20.8 Å². The van der Waals surface area contributed by atoms with Gasteiger partial charge in [-0.2, -0.15) is 0 Å². The monoisotopic (exact) mass is 201 g/mol. The van der Waals surface area contributed by atoms with Crippen LogP contribution >= 0.6 is 0 Å². The number of aromatic amines is 1. The Kier molecular flexibility index (Phi) is 2.46. The lowest BCUT2D eigenvalue weighted by molar-refractivity contribution is 1.23. The fraction of sp³-hybridized carbons (Fsp3) is 0.250. The van der Waals surface area contributed by atoms with Crippen LogP contribution in [0.1, 0.15) is 16.8 Å². The first-order valence-corrected chi connectivity index (χ1v) is 5.01. The summed E-state index contributed by atoms with van der Waals surface area (Å²) in [5.41, 5.74) is 4.70. The summed E-state index contributed by atoms with van der Waals surface area (Å²) in [5.74, 6) is 0.793. The molecule has 3 heteroatoms. The Morgan fingerprint density at radius 2 is 2.00 bits per heavy atom. The Bertz CT molecular complexity index is 471. The van der Waals surface area contributed by atoms with E-state index in [1.54, 1.807) is 0 Å². The molecular formula is C12H15N3. The van der Waals surface area contributed by atoms with Crippen molar-refractivity contribution in [2.24, 2.45) is 0 Å². The van der Waals surface area contributed by atoms with E-state index >= 15 is 0 Å². The molecule has 0 atom stereocenters. The number of nitrogens with one attached hydrogen (secondary N) is 2. The van der Waals surface area contributed by atoms with Crippen LogP contribution in [0.2, 0.25) is 0 Å². The van der Waals surface area contributed by atoms with Gasteiger partial charge >= 0.3 is 0 Å². The Morgan fingerprint density at radius 3 is 2.67 bits per heavy atom. The van der Waals surface area contributed by atoms with Crippen LogP contribution in [-0.4, -0.2) is 9.97 Å². The predicted molar refractivity (Wildman–Crippen MR) is 62.5 cm³/mol. The second-order valence-corrected chi connectivity index (χ2v) is 3.79. The average molecular weight is 201 g/mol. The van der Waals surface area contributed by atoms with Crippen LogP contribution < -0.4 is 5.32 Å². The number of H-pyrrole nitrogens is 1. The topological polar surface area (TPSA) is 40.7 Å². The van der Waals surface area contributed by atoms with Gasteiger partial charge in [0, 0.05) is 17.6 Å². The van der Waals surface area contributed by atoms with Crippen molar-refractivity contribution in [1.29, 1.82) is 0 Å². The van der Waals surface area contributed by atoms with Gasteiger partial charge in [-0.1, -0.05) is 12.1 Å². The molecule has 0 aliphatic carbocycles. The number of hydrogen-bond acceptors (Lipinski definition) is 2. The molecule has 2 aromatic rings. The highest BCUT2D eigenvalue weighted by atomic mass is 15.1. The highest BCUT2D eigenvalue weighted by Gasteiger charge is 2.02. The summed E-state index contributed by atoms with van der Waals surface area (Å²) < 4.78 is 0. The van der Waals surface area contributed by atoms with Gasteiger partial charge in [-0.05, 0) is 38.0 Å². The SMILES string of the molecule is Cc1cnc(Nc2cccc(C)c2C)[nH]1. The Labute approximate surface area is 89.6 Å². The fourth-order valence-corrected chi connectivity index (χ4v) is 1.49. The van der Waals surface area contributed by atoms with E-state index < -0.39 is 0 Å². The quantitative estimate of drug-likeness (QED) is 0.784. The molecule has 0 bridgehead atoms. The van der Waals surface area contributed by atoms with Gasteiger partial charge in [-0.25, -0.2) is 4.98 Å². The third-order valence-electron chi connectivity index (χ3n) is 2.56. The van der Waals surface area contributed by atoms with E-state index in [2.05, 4.69) is 41.3 Å². The summed E-state index contributed by atoms with van der Waals surface area (Å²) >= 11 is 0. The zero-order chi connectivity index (χ0) is 10.8. The maximum absolute atomic E-state index is 4.22. The maximum atomic E-state index is 4.22. The first kappa shape index (κ1) is 9.77. The number of anilines is 2. The van der Waals surface area contributed by atoms with E-state index in [0.717, 1.165) is 17.3 Å². The first-order valence-electron chi connectivity index (χ1n) is 5.01. The summed E-state index contributed by atoms with van der Waals surface area (Å²) in [6.45, 7) is 6.20. The van der Waals surface area contributed by atoms with Gasteiger partial charge in [0.2, 0.25) is 5.95 Å². The van der Waals surface area contributed by atoms with Crippen molar-refractivity contribution in [2.45, 2.75) is 20.8 Å². The molecule has 15 heavy (non-hydrogen) atoms. The fourth-order valence-electron chi connectivity index (χ4n) is 1.49. The highest BCUT2D eigenvalue weighted by molar-refractivity contribution is 5.60. The summed E-state index contributed by atoms with van der Waals surface area (Å²) in [7, 11) is 0. The standard InChI is InChI=1S/C12H15N3/c1-8-5-4-6-11(10(8)3)15-12-13-7-9(2)14-12/h4-7H,1-3H3,(H2,13,14,15). The molecule has 0 unspecified atom stereocenters. The van der Waals surface area contributed by atoms with Crippen molar-refractivity contribution in [3.05, 3.63) is 41.2 Å². The minimum atomic E-state index is 0.793.